The minimum absolute atomic E-state index is 0.0536. The SMILES string of the molecule is NC(CO)CCOc1cccc2c1B(O)OC2. The lowest BCUT2D eigenvalue weighted by atomic mass is 9.79. The summed E-state index contributed by atoms with van der Waals surface area (Å²) >= 11 is 0. The van der Waals surface area contributed by atoms with E-state index in [0.29, 0.717) is 30.8 Å². The van der Waals surface area contributed by atoms with Crippen molar-refractivity contribution in [2.24, 2.45) is 5.73 Å². The standard InChI is InChI=1S/C11H16BNO4/c13-9(6-14)4-5-16-10-3-1-2-8-7-17-12(15)11(8)10/h1-3,9,14-15H,4-7,13H2. The third-order valence-electron chi connectivity index (χ3n) is 2.78. The number of benzene rings is 1. The lowest BCUT2D eigenvalue weighted by Gasteiger charge is -2.12. The lowest BCUT2D eigenvalue weighted by Crippen LogP contribution is -2.31. The quantitative estimate of drug-likeness (QED) is 0.571. The van der Waals surface area contributed by atoms with Crippen molar-refractivity contribution in [1.82, 2.24) is 0 Å². The van der Waals surface area contributed by atoms with Gasteiger partial charge in [-0.1, -0.05) is 12.1 Å². The number of hydrogen-bond donors (Lipinski definition) is 3. The van der Waals surface area contributed by atoms with E-state index in [-0.39, 0.29) is 12.6 Å². The first-order valence-electron chi connectivity index (χ1n) is 5.63. The third-order valence-corrected chi connectivity index (χ3v) is 2.78. The molecule has 2 rings (SSSR count). The van der Waals surface area contributed by atoms with Crippen LogP contribution >= 0.6 is 0 Å². The molecule has 4 N–H and O–H groups in total. The minimum Gasteiger partial charge on any atom is -0.494 e. The van der Waals surface area contributed by atoms with Crippen molar-refractivity contribution in [1.29, 1.82) is 0 Å². The number of aliphatic hydroxyl groups is 1. The molecule has 0 bridgehead atoms. The average Bonchev–Trinajstić information content (AvgIpc) is 2.72. The van der Waals surface area contributed by atoms with Crippen LogP contribution in [0.15, 0.2) is 18.2 Å². The molecule has 1 atom stereocenters. The molecule has 5 nitrogen and oxygen atoms in total. The first kappa shape index (κ1) is 12.4. The molecule has 17 heavy (non-hydrogen) atoms. The number of ether oxygens (including phenoxy) is 1. The van der Waals surface area contributed by atoms with Crippen molar-refractivity contribution in [3.63, 3.8) is 0 Å². The molecule has 0 aliphatic carbocycles. The van der Waals surface area contributed by atoms with E-state index < -0.39 is 7.12 Å². The number of rotatable bonds is 5. The van der Waals surface area contributed by atoms with Gasteiger partial charge in [-0.3, -0.25) is 0 Å². The summed E-state index contributed by atoms with van der Waals surface area (Å²) in [5.74, 6) is 0.623. The smallest absolute Gasteiger partial charge is 0.494 e. The van der Waals surface area contributed by atoms with E-state index in [1.807, 2.05) is 12.1 Å². The second-order valence-electron chi connectivity index (χ2n) is 4.07. The largest absolute Gasteiger partial charge is 0.495 e. The highest BCUT2D eigenvalue weighted by Crippen LogP contribution is 2.18. The predicted octanol–water partition coefficient (Wildman–Crippen LogP) is -1.01. The Labute approximate surface area is 100 Å². The molecule has 1 aromatic carbocycles. The molecule has 0 aromatic heterocycles. The third kappa shape index (κ3) is 2.78. The molecule has 0 saturated heterocycles. The second-order valence-corrected chi connectivity index (χ2v) is 4.07. The first-order chi connectivity index (χ1) is 8.22. The van der Waals surface area contributed by atoms with Crippen molar-refractivity contribution < 1.29 is 19.5 Å². The number of fused-ring (bicyclic) bond motifs is 1. The molecule has 1 aliphatic rings. The maximum atomic E-state index is 9.65. The van der Waals surface area contributed by atoms with Crippen LogP contribution in [0.3, 0.4) is 0 Å². The van der Waals surface area contributed by atoms with Gasteiger partial charge in [-0.05, 0) is 18.1 Å². The van der Waals surface area contributed by atoms with Gasteiger partial charge < -0.3 is 25.3 Å². The predicted molar refractivity (Wildman–Crippen MR) is 64.0 cm³/mol. The van der Waals surface area contributed by atoms with Crippen molar-refractivity contribution in [2.75, 3.05) is 13.2 Å². The lowest BCUT2D eigenvalue weighted by molar-refractivity contribution is 0.230. The van der Waals surface area contributed by atoms with E-state index >= 15 is 0 Å². The van der Waals surface area contributed by atoms with E-state index in [9.17, 15) is 5.02 Å². The monoisotopic (exact) mass is 237 g/mol. The van der Waals surface area contributed by atoms with E-state index in [1.54, 1.807) is 6.07 Å². The molecule has 0 spiro atoms. The topological polar surface area (TPSA) is 84.9 Å². The normalized spacial score (nSPS) is 15.8. The molecular weight excluding hydrogens is 221 g/mol. The fourth-order valence-electron chi connectivity index (χ4n) is 1.79. The van der Waals surface area contributed by atoms with Gasteiger partial charge in [-0.25, -0.2) is 0 Å². The highest BCUT2D eigenvalue weighted by molar-refractivity contribution is 6.62. The summed E-state index contributed by atoms with van der Waals surface area (Å²) in [5.41, 5.74) is 7.22. The Kier molecular flexibility index (Phi) is 4.01. The Morgan fingerprint density at radius 1 is 1.53 bits per heavy atom. The van der Waals surface area contributed by atoms with Crippen LogP contribution in [0, 0.1) is 0 Å². The van der Waals surface area contributed by atoms with Gasteiger partial charge in [0.15, 0.2) is 0 Å². The Balaban J connectivity index is 2.00. The van der Waals surface area contributed by atoms with Crippen LogP contribution in [0.1, 0.15) is 12.0 Å². The molecule has 1 unspecified atom stereocenters. The number of nitrogens with two attached hydrogens (primary N) is 1. The molecule has 92 valence electrons. The summed E-state index contributed by atoms with van der Waals surface area (Å²) in [6, 6.07) is 5.29. The zero-order valence-corrected chi connectivity index (χ0v) is 9.50. The molecule has 1 heterocycles. The van der Waals surface area contributed by atoms with Crippen LogP contribution in [-0.4, -0.2) is 36.5 Å². The summed E-state index contributed by atoms with van der Waals surface area (Å²) < 4.78 is 10.7. The fourth-order valence-corrected chi connectivity index (χ4v) is 1.79. The van der Waals surface area contributed by atoms with Crippen molar-refractivity contribution in [3.05, 3.63) is 23.8 Å². The number of hydrogen-bond acceptors (Lipinski definition) is 5. The highest BCUT2D eigenvalue weighted by atomic mass is 16.5. The fraction of sp³-hybridized carbons (Fsp3) is 0.455. The van der Waals surface area contributed by atoms with Crippen molar-refractivity contribution in [3.8, 4) is 5.75 Å². The van der Waals surface area contributed by atoms with Crippen molar-refractivity contribution >= 4 is 12.6 Å². The maximum Gasteiger partial charge on any atom is 0.495 e. The van der Waals surface area contributed by atoms with Gasteiger partial charge in [-0.2, -0.15) is 0 Å². The molecule has 0 fully saturated rings. The molecule has 1 aromatic rings. The summed E-state index contributed by atoms with van der Waals surface area (Å²) in [5, 5.41) is 18.4. The van der Waals surface area contributed by atoms with Crippen LogP contribution < -0.4 is 15.9 Å². The van der Waals surface area contributed by atoms with E-state index in [4.69, 9.17) is 20.2 Å². The second kappa shape index (κ2) is 5.51. The Morgan fingerprint density at radius 2 is 2.35 bits per heavy atom. The number of aliphatic hydroxyl groups excluding tert-OH is 1. The summed E-state index contributed by atoms with van der Waals surface area (Å²) in [6.45, 7) is 0.761. The Hall–Kier alpha value is -1.08. The van der Waals surface area contributed by atoms with E-state index in [0.717, 1.165) is 5.56 Å². The summed E-state index contributed by atoms with van der Waals surface area (Å²) in [7, 11) is -0.910. The van der Waals surface area contributed by atoms with Crippen LogP contribution in [0.5, 0.6) is 5.75 Å². The van der Waals surface area contributed by atoms with Gasteiger partial charge in [-0.15, -0.1) is 0 Å². The Bertz CT molecular complexity index is 388. The highest BCUT2D eigenvalue weighted by Gasteiger charge is 2.30. The zero-order chi connectivity index (χ0) is 12.3. The molecule has 6 heteroatoms. The molecular formula is C11H16BNO4. The zero-order valence-electron chi connectivity index (χ0n) is 9.50. The molecule has 0 amide bonds. The average molecular weight is 237 g/mol. The van der Waals surface area contributed by atoms with Gasteiger partial charge in [0.25, 0.3) is 0 Å². The van der Waals surface area contributed by atoms with Gasteiger partial charge in [0, 0.05) is 11.5 Å². The molecule has 1 aliphatic heterocycles. The van der Waals surface area contributed by atoms with E-state index in [2.05, 4.69) is 0 Å². The molecule has 0 saturated carbocycles. The van der Waals surface area contributed by atoms with Crippen LogP contribution in [-0.2, 0) is 11.3 Å². The summed E-state index contributed by atoms with van der Waals surface area (Å²) in [4.78, 5) is 0. The van der Waals surface area contributed by atoms with Gasteiger partial charge in [0.1, 0.15) is 5.75 Å². The van der Waals surface area contributed by atoms with E-state index in [1.165, 1.54) is 0 Å². The maximum absolute atomic E-state index is 9.65. The van der Waals surface area contributed by atoms with Crippen molar-refractivity contribution in [2.45, 2.75) is 19.1 Å². The first-order valence-corrected chi connectivity index (χ1v) is 5.63. The molecule has 0 radical (unpaired) electrons. The van der Waals surface area contributed by atoms with Crippen LogP contribution in [0.2, 0.25) is 0 Å². The Morgan fingerprint density at radius 3 is 3.12 bits per heavy atom. The van der Waals surface area contributed by atoms with Crippen LogP contribution in [0.25, 0.3) is 0 Å². The van der Waals surface area contributed by atoms with Crippen LogP contribution in [0.4, 0.5) is 0 Å². The van der Waals surface area contributed by atoms with Gasteiger partial charge in [0.05, 0.1) is 19.8 Å². The minimum atomic E-state index is -0.910. The van der Waals surface area contributed by atoms with Gasteiger partial charge in [0.2, 0.25) is 0 Å². The van der Waals surface area contributed by atoms with Gasteiger partial charge >= 0.3 is 7.12 Å². The summed E-state index contributed by atoms with van der Waals surface area (Å²) in [6.07, 6.45) is 0.567.